The summed E-state index contributed by atoms with van der Waals surface area (Å²) < 4.78 is 11.2. The van der Waals surface area contributed by atoms with Gasteiger partial charge in [-0.15, -0.1) is 0 Å². The maximum atomic E-state index is 12.6. The summed E-state index contributed by atoms with van der Waals surface area (Å²) in [4.78, 5) is 22.5. The minimum Gasteiger partial charge on any atom is -0.466 e. The molecule has 0 spiro atoms. The van der Waals surface area contributed by atoms with Gasteiger partial charge in [0.1, 0.15) is 17.6 Å². The van der Waals surface area contributed by atoms with Gasteiger partial charge in [-0.25, -0.2) is 9.97 Å². The van der Waals surface area contributed by atoms with Crippen molar-refractivity contribution in [3.63, 3.8) is 0 Å². The van der Waals surface area contributed by atoms with Gasteiger partial charge in [0.15, 0.2) is 0 Å². The van der Waals surface area contributed by atoms with E-state index in [4.69, 9.17) is 20.8 Å². The van der Waals surface area contributed by atoms with Gasteiger partial charge in [0, 0.05) is 6.54 Å². The van der Waals surface area contributed by atoms with E-state index in [-0.39, 0.29) is 18.0 Å². The maximum absolute atomic E-state index is 12.6. The molecule has 1 saturated heterocycles. The van der Waals surface area contributed by atoms with Crippen molar-refractivity contribution in [2.75, 3.05) is 13.1 Å². The Kier molecular flexibility index (Phi) is 4.52. The Morgan fingerprint density at radius 2 is 2.13 bits per heavy atom. The molecule has 1 aliphatic rings. The number of ether oxygens (including phenoxy) is 1. The van der Waals surface area contributed by atoms with Crippen molar-refractivity contribution in [1.82, 2.24) is 14.9 Å². The number of amides is 1. The first kappa shape index (κ1) is 15.8. The standard InChI is InChI=1S/C16H18ClN3O3/c1-10-6-14(11(2)22-10)15(21)20-5-3-4-13(9-20)23-16-18-7-12(17)8-19-16/h6-8,13H,3-5,9H2,1-2H3/t13-/m1/s1. The van der Waals surface area contributed by atoms with Crippen LogP contribution in [0.15, 0.2) is 22.9 Å². The lowest BCUT2D eigenvalue weighted by Gasteiger charge is -2.32. The summed E-state index contributed by atoms with van der Waals surface area (Å²) in [5.41, 5.74) is 0.617. The predicted molar refractivity (Wildman–Crippen MR) is 84.8 cm³/mol. The molecule has 1 amide bonds. The molecule has 122 valence electrons. The van der Waals surface area contributed by atoms with E-state index in [1.807, 2.05) is 6.92 Å². The van der Waals surface area contributed by atoms with Crippen molar-refractivity contribution in [2.24, 2.45) is 0 Å². The summed E-state index contributed by atoms with van der Waals surface area (Å²) in [7, 11) is 0. The fourth-order valence-electron chi connectivity index (χ4n) is 2.74. The fourth-order valence-corrected chi connectivity index (χ4v) is 2.84. The molecule has 6 nitrogen and oxygen atoms in total. The molecule has 3 rings (SSSR count). The highest BCUT2D eigenvalue weighted by Crippen LogP contribution is 2.21. The molecule has 0 N–H and O–H groups in total. The molecule has 2 aromatic rings. The summed E-state index contributed by atoms with van der Waals surface area (Å²) in [6.45, 7) is 4.86. The van der Waals surface area contributed by atoms with Crippen LogP contribution in [0.2, 0.25) is 5.02 Å². The van der Waals surface area contributed by atoms with Crippen molar-refractivity contribution in [1.29, 1.82) is 0 Å². The van der Waals surface area contributed by atoms with E-state index >= 15 is 0 Å². The van der Waals surface area contributed by atoms with Crippen molar-refractivity contribution >= 4 is 17.5 Å². The van der Waals surface area contributed by atoms with Crippen LogP contribution >= 0.6 is 11.6 Å². The molecule has 0 aromatic carbocycles. The van der Waals surface area contributed by atoms with Gasteiger partial charge in [0.2, 0.25) is 0 Å². The number of carbonyl (C=O) groups excluding carboxylic acids is 1. The highest BCUT2D eigenvalue weighted by atomic mass is 35.5. The van der Waals surface area contributed by atoms with Crippen LogP contribution in [0.25, 0.3) is 0 Å². The number of hydrogen-bond acceptors (Lipinski definition) is 5. The van der Waals surface area contributed by atoms with E-state index in [0.717, 1.165) is 18.6 Å². The molecule has 0 radical (unpaired) electrons. The molecule has 0 unspecified atom stereocenters. The van der Waals surface area contributed by atoms with E-state index in [9.17, 15) is 4.79 Å². The normalized spacial score (nSPS) is 18.0. The number of aromatic nitrogens is 2. The topological polar surface area (TPSA) is 68.5 Å². The van der Waals surface area contributed by atoms with Crippen molar-refractivity contribution in [2.45, 2.75) is 32.8 Å². The highest BCUT2D eigenvalue weighted by molar-refractivity contribution is 6.30. The number of piperidine rings is 1. The second-order valence-corrected chi connectivity index (χ2v) is 6.08. The van der Waals surface area contributed by atoms with Crippen molar-refractivity contribution in [3.8, 4) is 6.01 Å². The Morgan fingerprint density at radius 3 is 2.78 bits per heavy atom. The van der Waals surface area contributed by atoms with Gasteiger partial charge in [-0.3, -0.25) is 4.79 Å². The molecule has 0 saturated carbocycles. The lowest BCUT2D eigenvalue weighted by Crippen LogP contribution is -2.44. The first-order valence-electron chi connectivity index (χ1n) is 7.53. The van der Waals surface area contributed by atoms with Gasteiger partial charge in [-0.1, -0.05) is 11.6 Å². The van der Waals surface area contributed by atoms with Gasteiger partial charge in [0.25, 0.3) is 5.91 Å². The number of carbonyl (C=O) groups is 1. The average Bonchev–Trinajstić information content (AvgIpc) is 2.88. The van der Waals surface area contributed by atoms with Crippen LogP contribution in [0.1, 0.15) is 34.7 Å². The second-order valence-electron chi connectivity index (χ2n) is 5.64. The summed E-state index contributed by atoms with van der Waals surface area (Å²) in [5.74, 6) is 1.37. The van der Waals surface area contributed by atoms with E-state index in [1.165, 1.54) is 12.4 Å². The first-order chi connectivity index (χ1) is 11.0. The van der Waals surface area contributed by atoms with Crippen LogP contribution < -0.4 is 4.74 Å². The van der Waals surface area contributed by atoms with Crippen molar-refractivity contribution in [3.05, 3.63) is 40.6 Å². The predicted octanol–water partition coefficient (Wildman–Crippen LogP) is 3.02. The quantitative estimate of drug-likeness (QED) is 0.862. The van der Waals surface area contributed by atoms with Gasteiger partial charge in [-0.05, 0) is 32.8 Å². The number of hydrogen-bond donors (Lipinski definition) is 0. The smallest absolute Gasteiger partial charge is 0.316 e. The van der Waals surface area contributed by atoms with Gasteiger partial charge < -0.3 is 14.1 Å². The zero-order valence-corrected chi connectivity index (χ0v) is 13.8. The Bertz CT molecular complexity index is 699. The molecular weight excluding hydrogens is 318 g/mol. The van der Waals surface area contributed by atoms with E-state index in [1.54, 1.807) is 17.9 Å². The number of halogens is 1. The number of aryl methyl sites for hydroxylation is 2. The Morgan fingerprint density at radius 1 is 1.39 bits per heavy atom. The summed E-state index contributed by atoms with van der Waals surface area (Å²) in [6.07, 6.45) is 4.60. The second kappa shape index (κ2) is 6.58. The summed E-state index contributed by atoms with van der Waals surface area (Å²) in [6, 6.07) is 2.06. The largest absolute Gasteiger partial charge is 0.466 e. The third-order valence-corrected chi connectivity index (χ3v) is 4.00. The molecule has 1 aliphatic heterocycles. The lowest BCUT2D eigenvalue weighted by molar-refractivity contribution is 0.0514. The Balaban J connectivity index is 1.67. The summed E-state index contributed by atoms with van der Waals surface area (Å²) in [5, 5.41) is 0.462. The zero-order valence-electron chi connectivity index (χ0n) is 13.1. The maximum Gasteiger partial charge on any atom is 0.316 e. The third kappa shape index (κ3) is 3.64. The zero-order chi connectivity index (χ0) is 16.4. The first-order valence-corrected chi connectivity index (χ1v) is 7.91. The number of nitrogens with zero attached hydrogens (tertiary/aromatic N) is 3. The molecule has 0 bridgehead atoms. The minimum absolute atomic E-state index is 0.0234. The van der Waals surface area contributed by atoms with E-state index in [0.29, 0.717) is 29.4 Å². The van der Waals surface area contributed by atoms with Crippen LogP contribution in [0, 0.1) is 13.8 Å². The lowest BCUT2D eigenvalue weighted by atomic mass is 10.1. The van der Waals surface area contributed by atoms with Crippen LogP contribution in [-0.4, -0.2) is 40.0 Å². The van der Waals surface area contributed by atoms with Gasteiger partial charge in [0.05, 0.1) is 29.5 Å². The molecule has 2 aromatic heterocycles. The van der Waals surface area contributed by atoms with Gasteiger partial charge in [-0.2, -0.15) is 0 Å². The van der Waals surface area contributed by atoms with Crippen LogP contribution in [-0.2, 0) is 0 Å². The molecule has 3 heterocycles. The molecule has 1 fully saturated rings. The highest BCUT2D eigenvalue weighted by Gasteiger charge is 2.28. The van der Waals surface area contributed by atoms with E-state index < -0.39 is 0 Å². The molecule has 1 atom stereocenters. The van der Waals surface area contributed by atoms with Crippen LogP contribution in [0.3, 0.4) is 0 Å². The number of rotatable bonds is 3. The fraction of sp³-hybridized carbons (Fsp3) is 0.438. The van der Waals surface area contributed by atoms with Crippen LogP contribution in [0.4, 0.5) is 0 Å². The third-order valence-electron chi connectivity index (χ3n) is 3.81. The Labute approximate surface area is 139 Å². The van der Waals surface area contributed by atoms with Gasteiger partial charge >= 0.3 is 6.01 Å². The van der Waals surface area contributed by atoms with E-state index in [2.05, 4.69) is 9.97 Å². The number of likely N-dealkylation sites (tertiary alicyclic amines) is 1. The minimum atomic E-state index is -0.123. The molecular formula is C16H18ClN3O3. The summed E-state index contributed by atoms with van der Waals surface area (Å²) >= 11 is 5.76. The monoisotopic (exact) mass is 335 g/mol. The number of furan rings is 1. The average molecular weight is 336 g/mol. The van der Waals surface area contributed by atoms with Crippen LogP contribution in [0.5, 0.6) is 6.01 Å². The molecule has 7 heteroatoms. The molecule has 23 heavy (non-hydrogen) atoms. The Hall–Kier alpha value is -2.08. The van der Waals surface area contributed by atoms with Crippen molar-refractivity contribution < 1.29 is 13.9 Å². The SMILES string of the molecule is Cc1cc(C(=O)N2CCC[C@@H](Oc3ncc(Cl)cn3)C2)c(C)o1. The molecule has 0 aliphatic carbocycles.